The molecule has 124 valence electrons. The van der Waals surface area contributed by atoms with Crippen LogP contribution in [0.2, 0.25) is 0 Å². The van der Waals surface area contributed by atoms with Gasteiger partial charge in [0.15, 0.2) is 0 Å². The zero-order chi connectivity index (χ0) is 17.1. The third-order valence-corrected chi connectivity index (χ3v) is 4.54. The van der Waals surface area contributed by atoms with Gasteiger partial charge in [0.2, 0.25) is 0 Å². The molecule has 2 N–H and O–H groups in total. The van der Waals surface area contributed by atoms with Crippen molar-refractivity contribution in [3.05, 3.63) is 53.0 Å². The van der Waals surface area contributed by atoms with Gasteiger partial charge in [-0.3, -0.25) is 4.90 Å². The molecule has 0 aliphatic rings. The first-order valence-electron chi connectivity index (χ1n) is 7.27. The van der Waals surface area contributed by atoms with Crippen LogP contribution in [0.25, 0.3) is 10.2 Å². The van der Waals surface area contributed by atoms with Crippen LogP contribution in [0, 0.1) is 6.92 Å². The van der Waals surface area contributed by atoms with Gasteiger partial charge in [0.1, 0.15) is 24.1 Å². The molecule has 0 saturated heterocycles. The molecular formula is C17H16N2O4S. The first-order chi connectivity index (χ1) is 11.6. The Morgan fingerprint density at radius 1 is 1.29 bits per heavy atom. The van der Waals surface area contributed by atoms with Crippen LogP contribution in [0.15, 0.2) is 42.5 Å². The Labute approximate surface area is 142 Å². The number of benzene rings is 2. The number of thiazole rings is 1. The Bertz CT molecular complexity index is 845. The summed E-state index contributed by atoms with van der Waals surface area (Å²) in [5.74, 6) is 0.624. The van der Waals surface area contributed by atoms with E-state index < -0.39 is 12.8 Å². The van der Waals surface area contributed by atoms with Gasteiger partial charge in [0.25, 0.3) is 0 Å². The second-order valence-electron chi connectivity index (χ2n) is 5.16. The second-order valence-corrected chi connectivity index (χ2v) is 6.28. The summed E-state index contributed by atoms with van der Waals surface area (Å²) in [6.07, 6.45) is -1.20. The van der Waals surface area contributed by atoms with Gasteiger partial charge in [-0.05, 0) is 42.8 Å². The predicted octanol–water partition coefficient (Wildman–Crippen LogP) is 3.62. The van der Waals surface area contributed by atoms with Crippen LogP contribution in [0.5, 0.6) is 5.75 Å². The number of hydrogen-bond donors (Lipinski definition) is 2. The number of fused-ring (bicyclic) bond motifs is 1. The van der Waals surface area contributed by atoms with E-state index in [1.54, 1.807) is 36.5 Å². The summed E-state index contributed by atoms with van der Waals surface area (Å²) < 4.78 is 6.86. The lowest BCUT2D eigenvalue weighted by molar-refractivity contribution is 0.190. The fourth-order valence-corrected chi connectivity index (χ4v) is 3.27. The van der Waals surface area contributed by atoms with Gasteiger partial charge >= 0.3 is 6.09 Å². The molecule has 0 spiro atoms. The molecule has 2 aromatic carbocycles. The van der Waals surface area contributed by atoms with Gasteiger partial charge in [-0.2, -0.15) is 0 Å². The molecule has 0 fully saturated rings. The number of rotatable bonds is 5. The van der Waals surface area contributed by atoms with E-state index >= 15 is 0 Å². The molecule has 24 heavy (non-hydrogen) atoms. The molecular weight excluding hydrogens is 328 g/mol. The van der Waals surface area contributed by atoms with E-state index in [1.807, 2.05) is 24.3 Å². The minimum atomic E-state index is -1.20. The molecule has 7 heteroatoms. The molecule has 0 aliphatic carbocycles. The Balaban J connectivity index is 1.73. The van der Waals surface area contributed by atoms with Crippen LogP contribution >= 0.6 is 11.3 Å². The largest absolute Gasteiger partial charge is 0.486 e. The van der Waals surface area contributed by atoms with E-state index in [4.69, 9.17) is 9.84 Å². The molecule has 3 aromatic rings. The van der Waals surface area contributed by atoms with Crippen LogP contribution in [0.4, 0.5) is 10.5 Å². The number of nitrogens with zero attached hydrogens (tertiary/aromatic N) is 2. The molecule has 0 atom stereocenters. The van der Waals surface area contributed by atoms with Crippen LogP contribution in [-0.2, 0) is 6.61 Å². The lowest BCUT2D eigenvalue weighted by atomic mass is 10.2. The number of hydrogen-bond acceptors (Lipinski definition) is 5. The maximum atomic E-state index is 11.1. The van der Waals surface area contributed by atoms with Crippen LogP contribution in [0.3, 0.4) is 0 Å². The van der Waals surface area contributed by atoms with Crippen molar-refractivity contribution >= 4 is 33.3 Å². The summed E-state index contributed by atoms with van der Waals surface area (Å²) in [4.78, 5) is 16.5. The maximum Gasteiger partial charge on any atom is 0.413 e. The fraction of sp³-hybridized carbons (Fsp3) is 0.176. The van der Waals surface area contributed by atoms with Crippen LogP contribution in [0.1, 0.15) is 10.6 Å². The molecule has 3 rings (SSSR count). The van der Waals surface area contributed by atoms with E-state index in [1.165, 1.54) is 0 Å². The van der Waals surface area contributed by atoms with Gasteiger partial charge in [-0.1, -0.05) is 12.1 Å². The molecule has 0 unspecified atom stereocenters. The summed E-state index contributed by atoms with van der Waals surface area (Å²) in [5, 5.41) is 19.1. The van der Waals surface area contributed by atoms with Gasteiger partial charge in [0.05, 0.1) is 15.9 Å². The van der Waals surface area contributed by atoms with Crippen molar-refractivity contribution in [2.24, 2.45) is 0 Å². The highest BCUT2D eigenvalue weighted by Crippen LogP contribution is 2.27. The van der Waals surface area contributed by atoms with Crippen molar-refractivity contribution < 1.29 is 19.7 Å². The number of aliphatic hydroxyl groups excluding tert-OH is 1. The SMILES string of the molecule is Cc1cc(OCc2nc3ccccc3s2)ccc1N(CO)C(=O)O. The highest BCUT2D eigenvalue weighted by atomic mass is 32.1. The first-order valence-corrected chi connectivity index (χ1v) is 8.09. The van der Waals surface area contributed by atoms with E-state index in [9.17, 15) is 9.90 Å². The van der Waals surface area contributed by atoms with Crippen molar-refractivity contribution in [3.8, 4) is 5.75 Å². The molecule has 1 amide bonds. The van der Waals surface area contributed by atoms with E-state index in [-0.39, 0.29) is 0 Å². The van der Waals surface area contributed by atoms with Crippen molar-refractivity contribution in [1.29, 1.82) is 0 Å². The highest BCUT2D eigenvalue weighted by molar-refractivity contribution is 7.18. The fourth-order valence-electron chi connectivity index (χ4n) is 2.39. The number of ether oxygens (including phenoxy) is 1. The smallest absolute Gasteiger partial charge is 0.413 e. The number of amides is 1. The standard InChI is InChI=1S/C17H16N2O4S/c1-11-8-12(6-7-14(11)19(10-20)17(21)22)23-9-16-18-13-4-2-3-5-15(13)24-16/h2-8,20H,9-10H2,1H3,(H,21,22). The van der Waals surface area contributed by atoms with E-state index in [0.29, 0.717) is 23.6 Å². The van der Waals surface area contributed by atoms with Crippen LogP contribution < -0.4 is 9.64 Å². The second kappa shape index (κ2) is 6.86. The van der Waals surface area contributed by atoms with Gasteiger partial charge < -0.3 is 14.9 Å². The summed E-state index contributed by atoms with van der Waals surface area (Å²) in [7, 11) is 0. The molecule has 0 bridgehead atoms. The monoisotopic (exact) mass is 344 g/mol. The van der Waals surface area contributed by atoms with Crippen molar-refractivity contribution in [2.75, 3.05) is 11.6 Å². The number of carboxylic acid groups (broad SMARTS) is 1. The first kappa shape index (κ1) is 16.2. The molecule has 6 nitrogen and oxygen atoms in total. The Kier molecular flexibility index (Phi) is 4.64. The zero-order valence-electron chi connectivity index (χ0n) is 13.0. The minimum absolute atomic E-state index is 0.348. The Morgan fingerprint density at radius 2 is 2.08 bits per heavy atom. The van der Waals surface area contributed by atoms with E-state index in [0.717, 1.165) is 20.1 Å². The molecule has 1 aromatic heterocycles. The number of aliphatic hydroxyl groups is 1. The van der Waals surface area contributed by atoms with Crippen molar-refractivity contribution in [2.45, 2.75) is 13.5 Å². The van der Waals surface area contributed by atoms with Crippen molar-refractivity contribution in [1.82, 2.24) is 4.98 Å². The van der Waals surface area contributed by atoms with E-state index in [2.05, 4.69) is 4.98 Å². The number of anilines is 1. The lowest BCUT2D eigenvalue weighted by Crippen LogP contribution is -2.30. The normalized spacial score (nSPS) is 10.8. The Hall–Kier alpha value is -2.64. The summed E-state index contributed by atoms with van der Waals surface area (Å²) in [5.41, 5.74) is 2.08. The number of para-hydroxylation sites is 1. The maximum absolute atomic E-state index is 11.1. The summed E-state index contributed by atoms with van der Waals surface area (Å²) >= 11 is 1.58. The van der Waals surface area contributed by atoms with Gasteiger partial charge in [-0.25, -0.2) is 9.78 Å². The third kappa shape index (κ3) is 3.32. The number of aromatic nitrogens is 1. The van der Waals surface area contributed by atoms with Crippen LogP contribution in [-0.4, -0.2) is 28.0 Å². The molecule has 0 saturated carbocycles. The predicted molar refractivity (Wildman–Crippen MR) is 92.7 cm³/mol. The minimum Gasteiger partial charge on any atom is -0.486 e. The van der Waals surface area contributed by atoms with Crippen molar-refractivity contribution in [3.63, 3.8) is 0 Å². The molecule has 0 aliphatic heterocycles. The topological polar surface area (TPSA) is 82.9 Å². The number of carbonyl (C=O) groups is 1. The summed E-state index contributed by atoms with van der Waals surface area (Å²) in [6, 6.07) is 12.9. The van der Waals surface area contributed by atoms with Gasteiger partial charge in [-0.15, -0.1) is 11.3 Å². The number of aryl methyl sites for hydroxylation is 1. The third-order valence-electron chi connectivity index (χ3n) is 3.53. The lowest BCUT2D eigenvalue weighted by Gasteiger charge is -2.19. The Morgan fingerprint density at radius 3 is 2.75 bits per heavy atom. The van der Waals surface area contributed by atoms with Gasteiger partial charge in [0, 0.05) is 0 Å². The zero-order valence-corrected chi connectivity index (χ0v) is 13.8. The molecule has 1 heterocycles. The molecule has 0 radical (unpaired) electrons. The quantitative estimate of drug-likeness (QED) is 0.691. The summed E-state index contributed by atoms with van der Waals surface area (Å²) in [6.45, 7) is 1.52. The average molecular weight is 344 g/mol. The average Bonchev–Trinajstić information content (AvgIpc) is 2.98. The highest BCUT2D eigenvalue weighted by Gasteiger charge is 2.15.